The molecule has 0 spiro atoms. The number of carboxylic acids is 1. The lowest BCUT2D eigenvalue weighted by molar-refractivity contribution is 0.0693. The van der Waals surface area contributed by atoms with Crippen molar-refractivity contribution in [2.45, 2.75) is 28.9 Å². The monoisotopic (exact) mass is 303 g/mol. The number of carboxylic acid groups (broad SMARTS) is 1. The maximum Gasteiger partial charge on any atom is 0.336 e. The summed E-state index contributed by atoms with van der Waals surface area (Å²) in [4.78, 5) is 11.8. The number of sulfonamides is 1. The zero-order chi connectivity index (χ0) is 14.8. The van der Waals surface area contributed by atoms with Crippen molar-refractivity contribution >= 4 is 27.8 Å². The third kappa shape index (κ3) is 3.71. The number of hydrogen-bond acceptors (Lipinski definition) is 4. The summed E-state index contributed by atoms with van der Waals surface area (Å²) in [6, 6.07) is 4.19. The van der Waals surface area contributed by atoms with Crippen LogP contribution in [-0.4, -0.2) is 43.1 Å². The molecule has 0 aliphatic carbocycles. The lowest BCUT2D eigenvalue weighted by Crippen LogP contribution is -2.22. The molecule has 0 aliphatic heterocycles. The molecule has 1 aromatic rings. The van der Waals surface area contributed by atoms with Crippen molar-refractivity contribution in [2.75, 3.05) is 14.1 Å². The zero-order valence-corrected chi connectivity index (χ0v) is 12.9. The SMILES string of the molecule is CC(C)Sc1ccc(S(=O)(=O)N(C)C)cc1C(=O)O. The number of benzene rings is 1. The largest absolute Gasteiger partial charge is 0.478 e. The van der Waals surface area contributed by atoms with Crippen LogP contribution in [0.4, 0.5) is 0 Å². The summed E-state index contributed by atoms with van der Waals surface area (Å²) in [7, 11) is -0.799. The van der Waals surface area contributed by atoms with E-state index >= 15 is 0 Å². The van der Waals surface area contributed by atoms with E-state index in [1.807, 2.05) is 13.8 Å². The minimum absolute atomic E-state index is 0.0111. The van der Waals surface area contributed by atoms with Gasteiger partial charge in [0.1, 0.15) is 0 Å². The maximum atomic E-state index is 12.0. The first-order chi connectivity index (χ1) is 8.66. The van der Waals surface area contributed by atoms with Crippen molar-refractivity contribution < 1.29 is 18.3 Å². The van der Waals surface area contributed by atoms with E-state index in [4.69, 9.17) is 0 Å². The summed E-state index contributed by atoms with van der Waals surface area (Å²) in [5.74, 6) is -1.13. The Morgan fingerprint density at radius 1 is 1.32 bits per heavy atom. The van der Waals surface area contributed by atoms with Crippen LogP contribution in [0.15, 0.2) is 28.0 Å². The van der Waals surface area contributed by atoms with Gasteiger partial charge in [-0.1, -0.05) is 13.8 Å². The molecule has 7 heteroatoms. The number of rotatable bonds is 5. The van der Waals surface area contributed by atoms with Crippen LogP contribution in [0.2, 0.25) is 0 Å². The van der Waals surface area contributed by atoms with Crippen molar-refractivity contribution in [1.29, 1.82) is 0 Å². The van der Waals surface area contributed by atoms with Crippen LogP contribution >= 0.6 is 11.8 Å². The fourth-order valence-corrected chi connectivity index (χ4v) is 3.26. The zero-order valence-electron chi connectivity index (χ0n) is 11.2. The van der Waals surface area contributed by atoms with Crippen molar-refractivity contribution in [3.63, 3.8) is 0 Å². The molecule has 0 saturated carbocycles. The van der Waals surface area contributed by atoms with Gasteiger partial charge in [0, 0.05) is 24.2 Å². The van der Waals surface area contributed by atoms with E-state index < -0.39 is 16.0 Å². The van der Waals surface area contributed by atoms with Crippen LogP contribution in [0.5, 0.6) is 0 Å². The van der Waals surface area contributed by atoms with E-state index in [-0.39, 0.29) is 15.7 Å². The van der Waals surface area contributed by atoms with E-state index in [0.717, 1.165) is 4.31 Å². The van der Waals surface area contributed by atoms with Gasteiger partial charge in [0.25, 0.3) is 0 Å². The Hall–Kier alpha value is -1.05. The Morgan fingerprint density at radius 2 is 1.89 bits per heavy atom. The average molecular weight is 303 g/mol. The lowest BCUT2D eigenvalue weighted by Gasteiger charge is -2.14. The molecule has 19 heavy (non-hydrogen) atoms. The van der Waals surface area contributed by atoms with Gasteiger partial charge in [-0.2, -0.15) is 0 Å². The molecule has 5 nitrogen and oxygen atoms in total. The van der Waals surface area contributed by atoms with Crippen LogP contribution in [0.1, 0.15) is 24.2 Å². The van der Waals surface area contributed by atoms with Crippen LogP contribution in [0, 0.1) is 0 Å². The average Bonchev–Trinajstić information content (AvgIpc) is 2.27. The van der Waals surface area contributed by atoms with E-state index in [1.165, 1.54) is 38.0 Å². The lowest BCUT2D eigenvalue weighted by atomic mass is 10.2. The first-order valence-electron chi connectivity index (χ1n) is 5.62. The first-order valence-corrected chi connectivity index (χ1v) is 7.94. The second kappa shape index (κ2) is 5.94. The Balaban J connectivity index is 3.36. The standard InChI is InChI=1S/C12H17NO4S2/c1-8(2)18-11-6-5-9(7-10(11)12(14)15)19(16,17)13(3)4/h5-8H,1-4H3,(H,14,15). The number of carbonyl (C=O) groups is 1. The van der Waals surface area contributed by atoms with Gasteiger partial charge in [0.05, 0.1) is 10.5 Å². The Bertz CT molecular complexity index is 579. The predicted octanol–water partition coefficient (Wildman–Crippen LogP) is 2.14. The number of thioether (sulfide) groups is 1. The van der Waals surface area contributed by atoms with Crippen LogP contribution < -0.4 is 0 Å². The third-order valence-electron chi connectivity index (χ3n) is 2.32. The summed E-state index contributed by atoms with van der Waals surface area (Å²) < 4.78 is 25.0. The molecule has 0 fully saturated rings. The number of nitrogens with zero attached hydrogens (tertiary/aromatic N) is 1. The van der Waals surface area contributed by atoms with Gasteiger partial charge in [0.15, 0.2) is 0 Å². The van der Waals surface area contributed by atoms with Gasteiger partial charge in [-0.25, -0.2) is 17.5 Å². The highest BCUT2D eigenvalue weighted by atomic mass is 32.2. The Kier molecular flexibility index (Phi) is 5.00. The third-order valence-corrected chi connectivity index (χ3v) is 5.22. The highest BCUT2D eigenvalue weighted by molar-refractivity contribution is 8.00. The summed E-state index contributed by atoms with van der Waals surface area (Å²) in [5.41, 5.74) is 0.0154. The van der Waals surface area contributed by atoms with Crippen molar-refractivity contribution in [1.82, 2.24) is 4.31 Å². The van der Waals surface area contributed by atoms with Crippen LogP contribution in [0.25, 0.3) is 0 Å². The number of aromatic carboxylic acids is 1. The Labute approximate surface area is 117 Å². The van der Waals surface area contributed by atoms with E-state index in [2.05, 4.69) is 0 Å². The molecule has 0 atom stereocenters. The molecule has 0 aromatic heterocycles. The van der Waals surface area contributed by atoms with E-state index in [9.17, 15) is 18.3 Å². The molecule has 0 bridgehead atoms. The molecule has 0 radical (unpaired) electrons. The predicted molar refractivity (Wildman–Crippen MR) is 75.3 cm³/mol. The van der Waals surface area contributed by atoms with Crippen molar-refractivity contribution in [3.8, 4) is 0 Å². The molecular weight excluding hydrogens is 286 g/mol. The quantitative estimate of drug-likeness (QED) is 0.843. The minimum Gasteiger partial charge on any atom is -0.478 e. The van der Waals surface area contributed by atoms with Gasteiger partial charge in [-0.3, -0.25) is 0 Å². The summed E-state index contributed by atoms with van der Waals surface area (Å²) in [6.45, 7) is 3.89. The molecule has 1 aromatic carbocycles. The van der Waals surface area contributed by atoms with Crippen molar-refractivity contribution in [3.05, 3.63) is 23.8 Å². The molecule has 0 amide bonds. The first kappa shape index (κ1) is 16.0. The molecule has 1 N–H and O–H groups in total. The summed E-state index contributed by atoms with van der Waals surface area (Å²) in [5, 5.41) is 9.40. The molecular formula is C12H17NO4S2. The summed E-state index contributed by atoms with van der Waals surface area (Å²) in [6.07, 6.45) is 0. The second-order valence-electron chi connectivity index (χ2n) is 4.42. The minimum atomic E-state index is -3.62. The molecule has 1 rings (SSSR count). The topological polar surface area (TPSA) is 74.7 Å². The molecule has 0 unspecified atom stereocenters. The summed E-state index contributed by atoms with van der Waals surface area (Å²) >= 11 is 1.39. The van der Waals surface area contributed by atoms with E-state index in [1.54, 1.807) is 6.07 Å². The van der Waals surface area contributed by atoms with Crippen molar-refractivity contribution in [2.24, 2.45) is 0 Å². The number of hydrogen-bond donors (Lipinski definition) is 1. The molecule has 106 valence electrons. The fraction of sp³-hybridized carbons (Fsp3) is 0.417. The van der Waals surface area contributed by atoms with E-state index in [0.29, 0.717) is 4.90 Å². The van der Waals surface area contributed by atoms with Gasteiger partial charge >= 0.3 is 5.97 Å². The van der Waals surface area contributed by atoms with Gasteiger partial charge in [-0.05, 0) is 18.2 Å². The fourth-order valence-electron chi connectivity index (χ4n) is 1.40. The highest BCUT2D eigenvalue weighted by Crippen LogP contribution is 2.29. The van der Waals surface area contributed by atoms with Gasteiger partial charge in [-0.15, -0.1) is 11.8 Å². The van der Waals surface area contributed by atoms with Gasteiger partial charge < -0.3 is 5.11 Å². The molecule has 0 saturated heterocycles. The normalized spacial score (nSPS) is 12.1. The van der Waals surface area contributed by atoms with Crippen LogP contribution in [0.3, 0.4) is 0 Å². The smallest absolute Gasteiger partial charge is 0.336 e. The second-order valence-corrected chi connectivity index (χ2v) is 8.19. The molecule has 0 aliphatic rings. The maximum absolute atomic E-state index is 12.0. The molecule has 0 heterocycles. The highest BCUT2D eigenvalue weighted by Gasteiger charge is 2.21. The van der Waals surface area contributed by atoms with Gasteiger partial charge in [0.2, 0.25) is 10.0 Å². The van der Waals surface area contributed by atoms with Crippen LogP contribution in [-0.2, 0) is 10.0 Å². The Morgan fingerprint density at radius 3 is 2.32 bits per heavy atom.